The summed E-state index contributed by atoms with van der Waals surface area (Å²) in [5.74, 6) is 1.20. The average molecular weight is 211 g/mol. The molecule has 1 aromatic rings. The smallest absolute Gasteiger partial charge is 0.0479 e. The van der Waals surface area contributed by atoms with Crippen molar-refractivity contribution >= 4 is 11.6 Å². The molecule has 0 nitrogen and oxygen atoms in total. The highest BCUT2D eigenvalue weighted by Gasteiger charge is 2.12. The van der Waals surface area contributed by atoms with Gasteiger partial charge in [-0.2, -0.15) is 0 Å². The zero-order valence-corrected chi connectivity index (χ0v) is 10.5. The minimum atomic E-state index is 0.581. The lowest BCUT2D eigenvalue weighted by Crippen LogP contribution is -2.02. The van der Waals surface area contributed by atoms with Crippen molar-refractivity contribution in [1.82, 2.24) is 0 Å². The Bertz CT molecular complexity index is 338. The molecular formula is C13H19Cl. The van der Waals surface area contributed by atoms with Crippen LogP contribution in [0.25, 0.3) is 0 Å². The molecule has 78 valence electrons. The molecule has 0 unspecified atom stereocenters. The van der Waals surface area contributed by atoms with Gasteiger partial charge in [0.25, 0.3) is 0 Å². The van der Waals surface area contributed by atoms with Crippen molar-refractivity contribution in [1.29, 1.82) is 0 Å². The van der Waals surface area contributed by atoms with Crippen LogP contribution in [0.4, 0.5) is 0 Å². The number of alkyl halides is 1. The van der Waals surface area contributed by atoms with Gasteiger partial charge >= 0.3 is 0 Å². The molecule has 0 N–H and O–H groups in total. The van der Waals surface area contributed by atoms with Crippen LogP contribution in [0.3, 0.4) is 0 Å². The normalized spacial score (nSPS) is 11.1. The van der Waals surface area contributed by atoms with Crippen LogP contribution in [-0.4, -0.2) is 0 Å². The second-order valence-electron chi connectivity index (χ2n) is 4.32. The summed E-state index contributed by atoms with van der Waals surface area (Å²) >= 11 is 5.97. The fourth-order valence-electron chi connectivity index (χ4n) is 2.34. The van der Waals surface area contributed by atoms with Gasteiger partial charge in [-0.25, -0.2) is 0 Å². The summed E-state index contributed by atoms with van der Waals surface area (Å²) in [6.07, 6.45) is 0. The maximum atomic E-state index is 5.97. The molecule has 1 aromatic carbocycles. The Hall–Kier alpha value is -0.490. The molecule has 14 heavy (non-hydrogen) atoms. The van der Waals surface area contributed by atoms with Gasteiger partial charge in [0.2, 0.25) is 0 Å². The second-order valence-corrected chi connectivity index (χ2v) is 4.58. The molecular weight excluding hydrogens is 192 g/mol. The van der Waals surface area contributed by atoms with E-state index in [9.17, 15) is 0 Å². The second kappa shape index (κ2) is 4.35. The molecule has 0 aromatic heterocycles. The van der Waals surface area contributed by atoms with Crippen LogP contribution in [0.1, 0.15) is 47.6 Å². The lowest BCUT2D eigenvalue weighted by Gasteiger charge is -2.18. The van der Waals surface area contributed by atoms with Crippen LogP contribution in [0.5, 0.6) is 0 Å². The highest BCUT2D eigenvalue weighted by molar-refractivity contribution is 6.17. The fourth-order valence-corrected chi connectivity index (χ4v) is 2.75. The van der Waals surface area contributed by atoms with Crippen LogP contribution >= 0.6 is 11.6 Å². The molecule has 0 atom stereocenters. The number of benzene rings is 1. The van der Waals surface area contributed by atoms with Gasteiger partial charge in [-0.3, -0.25) is 0 Å². The van der Waals surface area contributed by atoms with Crippen molar-refractivity contribution in [3.8, 4) is 0 Å². The number of hydrogen-bond acceptors (Lipinski definition) is 0. The molecule has 0 saturated heterocycles. The van der Waals surface area contributed by atoms with Crippen molar-refractivity contribution in [2.45, 2.75) is 46.4 Å². The first-order valence-electron chi connectivity index (χ1n) is 5.14. The Morgan fingerprint density at radius 1 is 1.14 bits per heavy atom. The van der Waals surface area contributed by atoms with E-state index in [1.807, 2.05) is 0 Å². The van der Waals surface area contributed by atoms with Crippen LogP contribution in [0, 0.1) is 20.8 Å². The summed E-state index contributed by atoms with van der Waals surface area (Å²) in [7, 11) is 0. The zero-order valence-electron chi connectivity index (χ0n) is 9.74. The Morgan fingerprint density at radius 2 is 1.71 bits per heavy atom. The molecule has 0 aliphatic heterocycles. The van der Waals surface area contributed by atoms with Crippen molar-refractivity contribution in [2.75, 3.05) is 0 Å². The van der Waals surface area contributed by atoms with Gasteiger partial charge in [0.1, 0.15) is 0 Å². The van der Waals surface area contributed by atoms with E-state index in [2.05, 4.69) is 40.7 Å². The topological polar surface area (TPSA) is 0 Å². The molecule has 0 saturated carbocycles. The molecule has 0 aliphatic carbocycles. The van der Waals surface area contributed by atoms with Crippen molar-refractivity contribution in [3.05, 3.63) is 33.9 Å². The van der Waals surface area contributed by atoms with E-state index in [-0.39, 0.29) is 0 Å². The van der Waals surface area contributed by atoms with Crippen LogP contribution in [0.15, 0.2) is 6.07 Å². The van der Waals surface area contributed by atoms with Crippen LogP contribution in [0.2, 0.25) is 0 Å². The van der Waals surface area contributed by atoms with E-state index in [4.69, 9.17) is 11.6 Å². The van der Waals surface area contributed by atoms with E-state index >= 15 is 0 Å². The van der Waals surface area contributed by atoms with Gasteiger partial charge in [0.15, 0.2) is 0 Å². The summed E-state index contributed by atoms with van der Waals surface area (Å²) in [6.45, 7) is 11.0. The van der Waals surface area contributed by atoms with Gasteiger partial charge in [-0.1, -0.05) is 19.9 Å². The number of rotatable bonds is 2. The lowest BCUT2D eigenvalue weighted by molar-refractivity contribution is 0.840. The Morgan fingerprint density at radius 3 is 2.14 bits per heavy atom. The van der Waals surface area contributed by atoms with Crippen LogP contribution in [-0.2, 0) is 5.88 Å². The Labute approximate surface area is 92.3 Å². The van der Waals surface area contributed by atoms with Gasteiger partial charge in [-0.05, 0) is 54.5 Å². The molecule has 0 fully saturated rings. The molecule has 0 heterocycles. The number of hydrogen-bond donors (Lipinski definition) is 0. The molecule has 0 bridgehead atoms. The standard InChI is InChI=1S/C13H19Cl/c1-8(2)13-10(4)6-9(3)12(7-14)11(13)5/h6,8H,7H2,1-5H3. The first-order chi connectivity index (χ1) is 6.49. The van der Waals surface area contributed by atoms with Crippen molar-refractivity contribution in [2.24, 2.45) is 0 Å². The maximum Gasteiger partial charge on any atom is 0.0479 e. The van der Waals surface area contributed by atoms with E-state index in [1.54, 1.807) is 0 Å². The monoisotopic (exact) mass is 210 g/mol. The summed E-state index contributed by atoms with van der Waals surface area (Å²) in [6, 6.07) is 2.25. The number of halogens is 1. The van der Waals surface area contributed by atoms with Gasteiger partial charge in [0.05, 0.1) is 0 Å². The molecule has 0 amide bonds. The zero-order chi connectivity index (χ0) is 10.9. The highest BCUT2D eigenvalue weighted by atomic mass is 35.5. The molecule has 1 rings (SSSR count). The van der Waals surface area contributed by atoms with E-state index in [0.29, 0.717) is 11.8 Å². The first-order valence-corrected chi connectivity index (χ1v) is 5.68. The van der Waals surface area contributed by atoms with E-state index in [0.717, 1.165) is 0 Å². The average Bonchev–Trinajstić information content (AvgIpc) is 2.02. The summed E-state index contributed by atoms with van der Waals surface area (Å²) in [5, 5.41) is 0. The van der Waals surface area contributed by atoms with E-state index < -0.39 is 0 Å². The summed E-state index contributed by atoms with van der Waals surface area (Å²) in [4.78, 5) is 0. The third kappa shape index (κ3) is 1.95. The Kier molecular flexibility index (Phi) is 3.60. The fraction of sp³-hybridized carbons (Fsp3) is 0.538. The SMILES string of the molecule is Cc1cc(C)c(C(C)C)c(C)c1CCl. The minimum absolute atomic E-state index is 0.581. The van der Waals surface area contributed by atoms with E-state index in [1.165, 1.54) is 27.8 Å². The Balaban J connectivity index is 3.44. The summed E-state index contributed by atoms with van der Waals surface area (Å²) in [5.41, 5.74) is 6.86. The van der Waals surface area contributed by atoms with Crippen molar-refractivity contribution < 1.29 is 0 Å². The van der Waals surface area contributed by atoms with Gasteiger partial charge in [-0.15, -0.1) is 11.6 Å². The molecule has 0 aliphatic rings. The first kappa shape index (κ1) is 11.6. The van der Waals surface area contributed by atoms with Crippen molar-refractivity contribution in [3.63, 3.8) is 0 Å². The maximum absolute atomic E-state index is 5.97. The predicted molar refractivity (Wildman–Crippen MR) is 64.3 cm³/mol. The highest BCUT2D eigenvalue weighted by Crippen LogP contribution is 2.29. The minimum Gasteiger partial charge on any atom is -0.122 e. The summed E-state index contributed by atoms with van der Waals surface area (Å²) < 4.78 is 0. The third-order valence-electron chi connectivity index (χ3n) is 2.90. The molecule has 0 radical (unpaired) electrons. The van der Waals surface area contributed by atoms with Gasteiger partial charge < -0.3 is 0 Å². The van der Waals surface area contributed by atoms with Gasteiger partial charge in [0, 0.05) is 5.88 Å². The molecule has 1 heteroatoms. The lowest BCUT2D eigenvalue weighted by atomic mass is 9.88. The predicted octanol–water partition coefficient (Wildman–Crippen LogP) is 4.47. The number of aryl methyl sites for hydroxylation is 2. The third-order valence-corrected chi connectivity index (χ3v) is 3.17. The van der Waals surface area contributed by atoms with Crippen LogP contribution < -0.4 is 0 Å². The molecule has 0 spiro atoms. The quantitative estimate of drug-likeness (QED) is 0.632. The largest absolute Gasteiger partial charge is 0.122 e.